The van der Waals surface area contributed by atoms with E-state index in [-0.39, 0.29) is 11.0 Å². The number of amides is 1. The van der Waals surface area contributed by atoms with Crippen LogP contribution in [-0.2, 0) is 9.53 Å². The maximum Gasteiger partial charge on any atom is 0.319 e. The van der Waals surface area contributed by atoms with E-state index in [9.17, 15) is 18.4 Å². The molecule has 1 unspecified atom stereocenters. The number of esters is 1. The monoisotopic (exact) mass is 357 g/mol. The van der Waals surface area contributed by atoms with Gasteiger partial charge in [-0.3, -0.25) is 9.59 Å². The lowest BCUT2D eigenvalue weighted by atomic mass is 10.2. The molecule has 130 valence electrons. The van der Waals surface area contributed by atoms with E-state index in [4.69, 9.17) is 10.3 Å². The Morgan fingerprint density at radius 1 is 1.33 bits per heavy atom. The van der Waals surface area contributed by atoms with E-state index in [0.29, 0.717) is 18.9 Å². The zero-order chi connectivity index (χ0) is 18.3. The molecule has 24 heavy (non-hydrogen) atoms. The van der Waals surface area contributed by atoms with Crippen LogP contribution in [0.2, 0.25) is 0 Å². The lowest BCUT2D eigenvalue weighted by molar-refractivity contribution is -0.146. The van der Waals surface area contributed by atoms with Crippen LogP contribution in [0.15, 0.2) is 22.1 Å². The van der Waals surface area contributed by atoms with E-state index in [1.807, 2.05) is 6.92 Å². The second kappa shape index (κ2) is 9.24. The molecule has 0 spiro atoms. The summed E-state index contributed by atoms with van der Waals surface area (Å²) in [5.41, 5.74) is 7.71. The van der Waals surface area contributed by atoms with Crippen LogP contribution in [0.25, 0.3) is 10.4 Å². The predicted molar refractivity (Wildman–Crippen MR) is 85.6 cm³/mol. The number of ether oxygens (including phenoxy) is 1. The number of nitrogens with zero attached hydrogens (tertiary/aromatic N) is 3. The summed E-state index contributed by atoms with van der Waals surface area (Å²) < 4.78 is 32.8. The van der Waals surface area contributed by atoms with Crippen LogP contribution >= 0.6 is 11.8 Å². The van der Waals surface area contributed by atoms with Crippen molar-refractivity contribution in [2.45, 2.75) is 49.9 Å². The van der Waals surface area contributed by atoms with Gasteiger partial charge in [0.25, 0.3) is 5.91 Å². The Hall–Kier alpha value is -2.12. The number of hydrogen-bond donors (Lipinski definition) is 0. The van der Waals surface area contributed by atoms with Crippen LogP contribution in [-0.4, -0.2) is 23.2 Å². The second-order valence-corrected chi connectivity index (χ2v) is 6.38. The summed E-state index contributed by atoms with van der Waals surface area (Å²) in [4.78, 5) is 25.8. The number of hydrogen-bond acceptors (Lipinski definition) is 4. The molecule has 0 aliphatic rings. The Morgan fingerprint density at radius 2 is 2.00 bits per heavy atom. The molecule has 1 atom stereocenters. The molecular formula is C15H17F2N3O3S. The van der Waals surface area contributed by atoms with Gasteiger partial charge in [-0.15, -0.1) is 11.8 Å². The van der Waals surface area contributed by atoms with Crippen molar-refractivity contribution in [3.05, 3.63) is 39.8 Å². The van der Waals surface area contributed by atoms with Crippen LogP contribution in [0, 0.1) is 11.6 Å². The molecular weight excluding hydrogens is 340 g/mol. The Morgan fingerprint density at radius 3 is 2.54 bits per heavy atom. The first kappa shape index (κ1) is 19.9. The van der Waals surface area contributed by atoms with Gasteiger partial charge in [-0.25, -0.2) is 8.78 Å². The number of azide groups is 1. The number of thioether (sulfide) groups is 1. The number of halogens is 2. The van der Waals surface area contributed by atoms with E-state index >= 15 is 0 Å². The molecule has 0 radical (unpaired) electrons. The number of carbonyl (C=O) groups is 2. The maximum absolute atomic E-state index is 14.0. The highest BCUT2D eigenvalue weighted by molar-refractivity contribution is 8.00. The molecule has 1 rings (SSSR count). The van der Waals surface area contributed by atoms with Gasteiger partial charge < -0.3 is 4.74 Å². The summed E-state index contributed by atoms with van der Waals surface area (Å²) in [5, 5.41) is 2.10. The molecule has 1 aromatic carbocycles. The van der Waals surface area contributed by atoms with Gasteiger partial charge in [-0.1, -0.05) is 13.3 Å². The first-order chi connectivity index (χ1) is 11.3. The predicted octanol–water partition coefficient (Wildman–Crippen LogP) is 4.63. The minimum atomic E-state index is -1.16. The van der Waals surface area contributed by atoms with Gasteiger partial charge in [0.15, 0.2) is 0 Å². The summed E-state index contributed by atoms with van der Waals surface area (Å²) in [6.07, 6.45) is 0.753. The van der Waals surface area contributed by atoms with Crippen LogP contribution < -0.4 is 0 Å². The van der Waals surface area contributed by atoms with Crippen molar-refractivity contribution in [3.8, 4) is 0 Å². The van der Waals surface area contributed by atoms with Crippen molar-refractivity contribution in [1.82, 2.24) is 0 Å². The standard InChI is InChI=1S/C15H17F2N3O3S/c1-4-5-12(15(22)23-8(2)3)24-13-6-9(14(21)19-20-18)10(16)7-11(13)17/h6-8,12H,4-5H2,1-3H3. The van der Waals surface area contributed by atoms with Gasteiger partial charge in [0.05, 0.1) is 11.7 Å². The Bertz CT molecular complexity index is 676. The Labute approximate surface area is 142 Å². The third-order valence-electron chi connectivity index (χ3n) is 2.82. The van der Waals surface area contributed by atoms with E-state index in [0.717, 1.165) is 17.8 Å². The molecule has 1 amide bonds. The van der Waals surface area contributed by atoms with Crippen molar-refractivity contribution in [1.29, 1.82) is 0 Å². The summed E-state index contributed by atoms with van der Waals surface area (Å²) in [6, 6.07) is 1.47. The largest absolute Gasteiger partial charge is 0.462 e. The maximum atomic E-state index is 14.0. The molecule has 1 aromatic rings. The third kappa shape index (κ3) is 5.50. The molecule has 0 saturated carbocycles. The molecule has 0 N–H and O–H groups in total. The highest BCUT2D eigenvalue weighted by Gasteiger charge is 2.24. The average Bonchev–Trinajstić information content (AvgIpc) is 2.48. The minimum Gasteiger partial charge on any atom is -0.462 e. The first-order valence-corrected chi connectivity index (χ1v) is 8.13. The fraction of sp³-hybridized carbons (Fsp3) is 0.467. The van der Waals surface area contributed by atoms with Gasteiger partial charge in [-0.05, 0) is 37.0 Å². The molecule has 0 aromatic heterocycles. The van der Waals surface area contributed by atoms with Crippen LogP contribution in [0.3, 0.4) is 0 Å². The van der Waals surface area contributed by atoms with E-state index in [2.05, 4.69) is 10.0 Å². The van der Waals surface area contributed by atoms with Crippen LogP contribution in [0.5, 0.6) is 0 Å². The van der Waals surface area contributed by atoms with E-state index < -0.39 is 34.3 Å². The molecule has 0 aliphatic carbocycles. The fourth-order valence-corrected chi connectivity index (χ4v) is 3.00. The van der Waals surface area contributed by atoms with E-state index in [1.54, 1.807) is 13.8 Å². The van der Waals surface area contributed by atoms with Gasteiger partial charge in [0.1, 0.15) is 16.9 Å². The van der Waals surface area contributed by atoms with E-state index in [1.165, 1.54) is 0 Å². The second-order valence-electron chi connectivity index (χ2n) is 5.14. The number of carbonyl (C=O) groups excluding carboxylic acids is 2. The quantitative estimate of drug-likeness (QED) is 0.234. The van der Waals surface area contributed by atoms with Crippen LogP contribution in [0.1, 0.15) is 44.0 Å². The van der Waals surface area contributed by atoms with Crippen molar-refractivity contribution >= 4 is 23.6 Å². The SMILES string of the molecule is CCCC(Sc1cc(C(=O)N=[N+]=[N-])c(F)cc1F)C(=O)OC(C)C. The number of benzene rings is 1. The molecule has 0 heterocycles. The van der Waals surface area contributed by atoms with Crippen molar-refractivity contribution in [2.75, 3.05) is 0 Å². The van der Waals surface area contributed by atoms with Gasteiger partial charge in [-0.2, -0.15) is 0 Å². The average molecular weight is 357 g/mol. The lowest BCUT2D eigenvalue weighted by Gasteiger charge is -2.17. The third-order valence-corrected chi connectivity index (χ3v) is 4.10. The van der Waals surface area contributed by atoms with Crippen molar-refractivity contribution < 1.29 is 23.1 Å². The normalized spacial score (nSPS) is 11.8. The lowest BCUT2D eigenvalue weighted by Crippen LogP contribution is -2.23. The minimum absolute atomic E-state index is 0.0907. The summed E-state index contributed by atoms with van der Waals surface area (Å²) in [5.74, 6) is -3.71. The molecule has 0 fully saturated rings. The fourth-order valence-electron chi connectivity index (χ4n) is 1.83. The summed E-state index contributed by atoms with van der Waals surface area (Å²) >= 11 is 0.845. The zero-order valence-corrected chi connectivity index (χ0v) is 14.3. The highest BCUT2D eigenvalue weighted by Crippen LogP contribution is 2.31. The van der Waals surface area contributed by atoms with Gasteiger partial charge in [0.2, 0.25) is 0 Å². The molecule has 0 bridgehead atoms. The van der Waals surface area contributed by atoms with Gasteiger partial charge >= 0.3 is 5.97 Å². The molecule has 0 saturated heterocycles. The summed E-state index contributed by atoms with van der Waals surface area (Å²) in [6.45, 7) is 5.25. The van der Waals surface area contributed by atoms with Crippen LogP contribution in [0.4, 0.5) is 8.78 Å². The number of rotatable bonds is 7. The zero-order valence-electron chi connectivity index (χ0n) is 13.5. The molecule has 9 heteroatoms. The van der Waals surface area contributed by atoms with Crippen molar-refractivity contribution in [3.63, 3.8) is 0 Å². The Balaban J connectivity index is 3.14. The van der Waals surface area contributed by atoms with Crippen molar-refractivity contribution in [2.24, 2.45) is 5.11 Å². The smallest absolute Gasteiger partial charge is 0.319 e. The molecule has 6 nitrogen and oxygen atoms in total. The van der Waals surface area contributed by atoms with Gasteiger partial charge in [0, 0.05) is 15.9 Å². The highest BCUT2D eigenvalue weighted by atomic mass is 32.2. The topological polar surface area (TPSA) is 92.1 Å². The molecule has 0 aliphatic heterocycles. The Kier molecular flexibility index (Phi) is 7.67. The first-order valence-electron chi connectivity index (χ1n) is 7.25. The summed E-state index contributed by atoms with van der Waals surface area (Å²) in [7, 11) is 0.